The van der Waals surface area contributed by atoms with Crippen molar-refractivity contribution in [3.8, 4) is 11.3 Å². The number of amides is 3. The van der Waals surface area contributed by atoms with Gasteiger partial charge in [0.2, 0.25) is 5.95 Å². The first-order valence-electron chi connectivity index (χ1n) is 15.7. The zero-order valence-electron chi connectivity index (χ0n) is 27.2. The summed E-state index contributed by atoms with van der Waals surface area (Å²) in [6, 6.07) is 17.6. The molecule has 2 aliphatic heterocycles. The number of carbonyl (C=O) groups is 2. The number of rotatable bonds is 7. The Bertz CT molecular complexity index is 1810. The molecule has 3 aromatic carbocycles. The average molecular weight is 640 g/mol. The number of urea groups is 1. The van der Waals surface area contributed by atoms with E-state index < -0.39 is 23.4 Å². The average Bonchev–Trinajstić information content (AvgIpc) is 2.99. The summed E-state index contributed by atoms with van der Waals surface area (Å²) in [6.45, 7) is 10.8. The van der Waals surface area contributed by atoms with Crippen molar-refractivity contribution in [3.63, 3.8) is 0 Å². The molecule has 0 unspecified atom stereocenters. The van der Waals surface area contributed by atoms with Crippen molar-refractivity contribution in [3.05, 3.63) is 101 Å². The number of nitrogens with one attached hydrogen (secondary N) is 4. The fourth-order valence-corrected chi connectivity index (χ4v) is 6.86. The molecule has 0 spiro atoms. The summed E-state index contributed by atoms with van der Waals surface area (Å²) in [6.07, 6.45) is 1.52. The first-order chi connectivity index (χ1) is 22.3. The van der Waals surface area contributed by atoms with Gasteiger partial charge in [-0.15, -0.1) is 0 Å². The number of hydrogen-bond acceptors (Lipinski definition) is 6. The van der Waals surface area contributed by atoms with Gasteiger partial charge in [0.25, 0.3) is 5.91 Å². The van der Waals surface area contributed by atoms with Gasteiger partial charge < -0.3 is 21.3 Å². The Morgan fingerprint density at radius 1 is 0.957 bits per heavy atom. The van der Waals surface area contributed by atoms with E-state index in [0.29, 0.717) is 28.9 Å². The van der Waals surface area contributed by atoms with Crippen molar-refractivity contribution < 1.29 is 18.4 Å². The molecule has 2 aliphatic rings. The van der Waals surface area contributed by atoms with Crippen LogP contribution in [-0.4, -0.2) is 39.0 Å². The minimum absolute atomic E-state index is 0.0215. The number of para-hydroxylation sites is 1. The van der Waals surface area contributed by atoms with Gasteiger partial charge in [-0.2, -0.15) is 4.98 Å². The van der Waals surface area contributed by atoms with Crippen LogP contribution in [0.3, 0.4) is 0 Å². The molecular weight excluding hydrogens is 600 g/mol. The van der Waals surface area contributed by atoms with E-state index in [2.05, 4.69) is 49.0 Å². The number of piperidine rings is 1. The number of nitrogens with zero attached hydrogens (tertiary/aromatic N) is 3. The van der Waals surface area contributed by atoms with Crippen LogP contribution in [0.5, 0.6) is 0 Å². The van der Waals surface area contributed by atoms with Gasteiger partial charge >= 0.3 is 6.03 Å². The van der Waals surface area contributed by atoms with Crippen molar-refractivity contribution in [2.75, 3.05) is 10.2 Å². The standard InChI is InChI=1S/C36H39F2N7O2/c1-21-14-15-23(32(46)39-19-22-10-7-6-8-11-22)16-25(21)29-26-20-40-34(47)45(30-27(37)12-9-13-28(30)38)31(26)43-33(42-29)41-24-17-35(2,3)44-36(4,5)18-24/h6-16,24,44H,17-20H2,1-5H3,(H,39,46)(H,40,47)(H,41,42,43). The first-order valence-corrected chi connectivity index (χ1v) is 15.7. The third kappa shape index (κ3) is 6.80. The van der Waals surface area contributed by atoms with Crippen LogP contribution in [0.2, 0.25) is 0 Å². The smallest absolute Gasteiger partial charge is 0.328 e. The van der Waals surface area contributed by atoms with E-state index in [0.717, 1.165) is 41.0 Å². The fourth-order valence-electron chi connectivity index (χ4n) is 6.86. The van der Waals surface area contributed by atoms with Gasteiger partial charge in [0.15, 0.2) is 5.82 Å². The zero-order chi connectivity index (χ0) is 33.5. The van der Waals surface area contributed by atoms with Gasteiger partial charge in [-0.05, 0) is 82.9 Å². The summed E-state index contributed by atoms with van der Waals surface area (Å²) in [4.78, 5) is 37.2. The van der Waals surface area contributed by atoms with E-state index in [9.17, 15) is 9.59 Å². The van der Waals surface area contributed by atoms with Crippen LogP contribution in [0.1, 0.15) is 67.6 Å². The van der Waals surface area contributed by atoms with Gasteiger partial charge in [-0.25, -0.2) is 23.5 Å². The lowest BCUT2D eigenvalue weighted by atomic mass is 9.80. The maximum atomic E-state index is 15.2. The highest BCUT2D eigenvalue weighted by Gasteiger charge is 2.39. The largest absolute Gasteiger partial charge is 0.351 e. The van der Waals surface area contributed by atoms with Gasteiger partial charge in [-0.3, -0.25) is 4.79 Å². The Labute approximate surface area is 273 Å². The topological polar surface area (TPSA) is 111 Å². The van der Waals surface area contributed by atoms with Crippen LogP contribution >= 0.6 is 0 Å². The van der Waals surface area contributed by atoms with E-state index in [-0.39, 0.29) is 41.3 Å². The number of halogens is 2. The Morgan fingerprint density at radius 3 is 2.32 bits per heavy atom. The Morgan fingerprint density at radius 2 is 1.64 bits per heavy atom. The quantitative estimate of drug-likeness (QED) is 0.178. The van der Waals surface area contributed by atoms with Crippen LogP contribution in [0, 0.1) is 18.6 Å². The molecule has 47 heavy (non-hydrogen) atoms. The lowest BCUT2D eigenvalue weighted by Gasteiger charge is -2.46. The molecule has 0 bridgehead atoms. The maximum absolute atomic E-state index is 15.2. The molecule has 0 saturated carbocycles. The predicted octanol–water partition coefficient (Wildman–Crippen LogP) is 6.74. The molecule has 0 radical (unpaired) electrons. The monoisotopic (exact) mass is 639 g/mol. The number of fused-ring (bicyclic) bond motifs is 1. The van der Waals surface area contributed by atoms with Crippen molar-refractivity contribution in [1.82, 2.24) is 25.9 Å². The predicted molar refractivity (Wildman–Crippen MR) is 178 cm³/mol. The van der Waals surface area contributed by atoms with E-state index in [1.165, 1.54) is 6.07 Å². The van der Waals surface area contributed by atoms with Gasteiger partial charge in [-0.1, -0.05) is 42.5 Å². The SMILES string of the molecule is Cc1ccc(C(=O)NCc2ccccc2)cc1-c1nc(NC2CC(C)(C)NC(C)(C)C2)nc2c1CNC(=O)N2c1c(F)cccc1F. The Kier molecular flexibility index (Phi) is 8.44. The summed E-state index contributed by atoms with van der Waals surface area (Å²) in [5, 5.41) is 12.8. The number of benzene rings is 3. The second kappa shape index (κ2) is 12.4. The first kappa shape index (κ1) is 32.1. The van der Waals surface area contributed by atoms with E-state index in [1.807, 2.05) is 43.3 Å². The second-order valence-corrected chi connectivity index (χ2v) is 13.6. The summed E-state index contributed by atoms with van der Waals surface area (Å²) in [7, 11) is 0. The van der Waals surface area contributed by atoms with Crippen LogP contribution in [0.15, 0.2) is 66.7 Å². The summed E-state index contributed by atoms with van der Waals surface area (Å²) in [5.74, 6) is -1.79. The molecule has 0 atom stereocenters. The molecule has 0 aliphatic carbocycles. The molecule has 1 fully saturated rings. The minimum Gasteiger partial charge on any atom is -0.351 e. The van der Waals surface area contributed by atoms with E-state index in [4.69, 9.17) is 9.97 Å². The van der Waals surface area contributed by atoms with Crippen LogP contribution in [-0.2, 0) is 13.1 Å². The van der Waals surface area contributed by atoms with Gasteiger partial charge in [0.05, 0.1) is 12.2 Å². The van der Waals surface area contributed by atoms with Crippen LogP contribution < -0.4 is 26.2 Å². The molecule has 3 heterocycles. The van der Waals surface area contributed by atoms with Crippen molar-refractivity contribution >= 4 is 29.4 Å². The van der Waals surface area contributed by atoms with E-state index >= 15 is 8.78 Å². The normalized spacial score (nSPS) is 17.1. The number of aromatic nitrogens is 2. The summed E-state index contributed by atoms with van der Waals surface area (Å²) >= 11 is 0. The number of hydrogen-bond donors (Lipinski definition) is 4. The number of anilines is 3. The second-order valence-electron chi connectivity index (χ2n) is 13.6. The molecule has 9 nitrogen and oxygen atoms in total. The minimum atomic E-state index is -0.905. The van der Waals surface area contributed by atoms with Gasteiger partial charge in [0, 0.05) is 40.4 Å². The third-order valence-corrected chi connectivity index (χ3v) is 8.55. The lowest BCUT2D eigenvalue weighted by Crippen LogP contribution is -2.60. The van der Waals surface area contributed by atoms with Crippen LogP contribution in [0.25, 0.3) is 11.3 Å². The number of aryl methyl sites for hydroxylation is 1. The molecule has 4 aromatic rings. The van der Waals surface area contributed by atoms with Gasteiger partial charge in [0.1, 0.15) is 17.3 Å². The lowest BCUT2D eigenvalue weighted by molar-refractivity contribution is 0.0951. The van der Waals surface area contributed by atoms with Crippen molar-refractivity contribution in [1.29, 1.82) is 0 Å². The van der Waals surface area contributed by atoms with Crippen molar-refractivity contribution in [2.24, 2.45) is 0 Å². The molecule has 1 aromatic heterocycles. The molecule has 4 N–H and O–H groups in total. The van der Waals surface area contributed by atoms with E-state index in [1.54, 1.807) is 12.1 Å². The van der Waals surface area contributed by atoms with Crippen LogP contribution in [0.4, 0.5) is 31.0 Å². The molecule has 11 heteroatoms. The molecule has 6 rings (SSSR count). The highest BCUT2D eigenvalue weighted by molar-refractivity contribution is 6.02. The molecular formula is C36H39F2N7O2. The highest BCUT2D eigenvalue weighted by atomic mass is 19.1. The maximum Gasteiger partial charge on any atom is 0.328 e. The Hall–Kier alpha value is -4.90. The zero-order valence-corrected chi connectivity index (χ0v) is 27.2. The fraction of sp³-hybridized carbons (Fsp3) is 0.333. The molecule has 244 valence electrons. The summed E-state index contributed by atoms with van der Waals surface area (Å²) in [5.41, 5.74) is 2.85. The molecule has 1 saturated heterocycles. The molecule has 3 amide bonds. The summed E-state index contributed by atoms with van der Waals surface area (Å²) < 4.78 is 30.4. The Balaban J connectivity index is 1.46. The van der Waals surface area contributed by atoms with Crippen molar-refractivity contribution in [2.45, 2.75) is 77.7 Å². The highest BCUT2D eigenvalue weighted by Crippen LogP contribution is 2.40. The third-order valence-electron chi connectivity index (χ3n) is 8.55. The number of carbonyl (C=O) groups excluding carboxylic acids is 2.